The molecular weight excluding hydrogens is 274 g/mol. The maximum absolute atomic E-state index is 6.29. The van der Waals surface area contributed by atoms with E-state index in [-0.39, 0.29) is 5.54 Å². The Morgan fingerprint density at radius 2 is 2.05 bits per heavy atom. The van der Waals surface area contributed by atoms with Crippen LogP contribution in [0.1, 0.15) is 37.9 Å². The predicted molar refractivity (Wildman–Crippen MR) is 80.9 cm³/mol. The molecule has 0 aromatic carbocycles. The van der Waals surface area contributed by atoms with E-state index < -0.39 is 0 Å². The van der Waals surface area contributed by atoms with Crippen molar-refractivity contribution < 1.29 is 0 Å². The number of rotatable bonds is 4. The highest BCUT2D eigenvalue weighted by Gasteiger charge is 2.15. The molecule has 0 unspecified atom stereocenters. The van der Waals surface area contributed by atoms with Gasteiger partial charge in [0.25, 0.3) is 0 Å². The third-order valence-corrected chi connectivity index (χ3v) is 3.66. The minimum absolute atomic E-state index is 0.0792. The molecule has 0 fully saturated rings. The minimum Gasteiger partial charge on any atom is -0.306 e. The van der Waals surface area contributed by atoms with Gasteiger partial charge in [-0.15, -0.1) is 0 Å². The fraction of sp³-hybridized carbons (Fsp3) is 0.571. The summed E-state index contributed by atoms with van der Waals surface area (Å²) in [6.07, 6.45) is 1.82. The van der Waals surface area contributed by atoms with Gasteiger partial charge >= 0.3 is 0 Å². The number of halogens is 1. The maximum Gasteiger partial charge on any atom is 0.0866 e. The van der Waals surface area contributed by atoms with Crippen molar-refractivity contribution in [3.8, 4) is 0 Å². The first kappa shape index (κ1) is 15.1. The molecule has 0 bridgehead atoms. The Bertz CT molecular complexity index is 591. The zero-order chi connectivity index (χ0) is 14.9. The lowest BCUT2D eigenvalue weighted by molar-refractivity contribution is 0.413. The molecule has 0 radical (unpaired) electrons. The number of hydrogen-bond donors (Lipinski definition) is 1. The fourth-order valence-corrected chi connectivity index (χ4v) is 2.22. The third kappa shape index (κ3) is 3.41. The maximum atomic E-state index is 6.29. The first-order chi connectivity index (χ1) is 9.28. The Hall–Kier alpha value is -1.33. The van der Waals surface area contributed by atoms with Crippen LogP contribution in [0, 0.1) is 6.92 Å². The van der Waals surface area contributed by atoms with Crippen molar-refractivity contribution >= 4 is 11.6 Å². The molecule has 0 spiro atoms. The van der Waals surface area contributed by atoms with E-state index >= 15 is 0 Å². The Morgan fingerprint density at radius 1 is 1.35 bits per heavy atom. The molecule has 5 nitrogen and oxygen atoms in total. The van der Waals surface area contributed by atoms with Gasteiger partial charge in [-0.25, -0.2) is 0 Å². The summed E-state index contributed by atoms with van der Waals surface area (Å²) in [7, 11) is 1.91. The summed E-state index contributed by atoms with van der Waals surface area (Å²) in [4.78, 5) is 0. The summed E-state index contributed by atoms with van der Waals surface area (Å²) >= 11 is 6.29. The van der Waals surface area contributed by atoms with E-state index in [4.69, 9.17) is 11.6 Å². The second-order valence-electron chi connectivity index (χ2n) is 6.05. The van der Waals surface area contributed by atoms with Crippen molar-refractivity contribution in [1.82, 2.24) is 24.9 Å². The average molecular weight is 296 g/mol. The minimum atomic E-state index is 0.0792. The molecule has 2 aromatic rings. The lowest BCUT2D eigenvalue weighted by Gasteiger charge is -2.20. The second-order valence-corrected chi connectivity index (χ2v) is 6.43. The monoisotopic (exact) mass is 295 g/mol. The van der Waals surface area contributed by atoms with Crippen molar-refractivity contribution in [2.45, 2.75) is 46.3 Å². The quantitative estimate of drug-likeness (QED) is 0.943. The molecule has 0 saturated heterocycles. The Morgan fingerprint density at radius 3 is 2.60 bits per heavy atom. The van der Waals surface area contributed by atoms with E-state index in [0.29, 0.717) is 6.54 Å². The summed E-state index contributed by atoms with van der Waals surface area (Å²) in [6, 6.07) is 2.02. The first-order valence-electron chi connectivity index (χ1n) is 6.71. The number of nitrogens with zero attached hydrogens (tertiary/aromatic N) is 4. The molecule has 0 atom stereocenters. The van der Waals surface area contributed by atoms with E-state index in [0.717, 1.165) is 28.6 Å². The lowest BCUT2D eigenvalue weighted by atomic mass is 10.1. The average Bonchev–Trinajstić information content (AvgIpc) is 2.87. The summed E-state index contributed by atoms with van der Waals surface area (Å²) < 4.78 is 3.78. The molecule has 2 rings (SSSR count). The van der Waals surface area contributed by atoms with Crippen molar-refractivity contribution in [2.75, 3.05) is 0 Å². The Kier molecular flexibility index (Phi) is 4.20. The van der Waals surface area contributed by atoms with Gasteiger partial charge in [0.05, 0.1) is 28.6 Å². The van der Waals surface area contributed by atoms with E-state index in [2.05, 4.69) is 36.3 Å². The molecule has 0 aliphatic heterocycles. The van der Waals surface area contributed by atoms with Gasteiger partial charge in [0, 0.05) is 25.3 Å². The Labute approximate surface area is 124 Å². The number of aromatic nitrogens is 4. The predicted octanol–water partition coefficient (Wildman–Crippen LogP) is 2.51. The van der Waals surface area contributed by atoms with Crippen LogP contribution in [0.4, 0.5) is 0 Å². The van der Waals surface area contributed by atoms with Gasteiger partial charge in [-0.05, 0) is 33.8 Å². The van der Waals surface area contributed by atoms with Gasteiger partial charge in [0.15, 0.2) is 0 Å². The van der Waals surface area contributed by atoms with Crippen LogP contribution in [-0.2, 0) is 20.1 Å². The first-order valence-corrected chi connectivity index (χ1v) is 7.09. The van der Waals surface area contributed by atoms with E-state index in [1.54, 1.807) is 0 Å². The van der Waals surface area contributed by atoms with Crippen LogP contribution < -0.4 is 5.32 Å². The SMILES string of the molecule is Cc1nn(C)c(Cn2nccc2CNC(C)(C)C)c1Cl. The Balaban J connectivity index is 2.16. The fourth-order valence-electron chi connectivity index (χ4n) is 2.00. The van der Waals surface area contributed by atoms with Gasteiger partial charge in [-0.2, -0.15) is 10.2 Å². The van der Waals surface area contributed by atoms with Crippen molar-refractivity contribution in [3.63, 3.8) is 0 Å². The molecule has 110 valence electrons. The molecule has 0 amide bonds. The summed E-state index contributed by atoms with van der Waals surface area (Å²) in [5, 5.41) is 12.9. The normalized spacial score (nSPS) is 12.1. The third-order valence-electron chi connectivity index (χ3n) is 3.17. The van der Waals surface area contributed by atoms with Crippen LogP contribution in [0.15, 0.2) is 12.3 Å². The van der Waals surface area contributed by atoms with Gasteiger partial charge in [0.1, 0.15) is 0 Å². The summed E-state index contributed by atoms with van der Waals surface area (Å²) in [6.45, 7) is 9.76. The molecule has 0 aliphatic rings. The van der Waals surface area contributed by atoms with Crippen LogP contribution >= 0.6 is 11.6 Å². The van der Waals surface area contributed by atoms with Gasteiger partial charge in [-0.1, -0.05) is 11.6 Å². The molecule has 2 heterocycles. The van der Waals surface area contributed by atoms with Gasteiger partial charge < -0.3 is 5.32 Å². The highest BCUT2D eigenvalue weighted by atomic mass is 35.5. The molecular formula is C14H22ClN5. The molecule has 0 aliphatic carbocycles. The van der Waals surface area contributed by atoms with Gasteiger partial charge in [0.2, 0.25) is 0 Å². The zero-order valence-electron chi connectivity index (χ0n) is 12.7. The number of aryl methyl sites for hydroxylation is 2. The van der Waals surface area contributed by atoms with Crippen LogP contribution in [-0.4, -0.2) is 25.1 Å². The number of nitrogens with one attached hydrogen (secondary N) is 1. The summed E-state index contributed by atoms with van der Waals surface area (Å²) in [5.74, 6) is 0. The van der Waals surface area contributed by atoms with Crippen molar-refractivity contribution in [3.05, 3.63) is 34.4 Å². The largest absolute Gasteiger partial charge is 0.306 e. The molecule has 20 heavy (non-hydrogen) atoms. The molecule has 0 saturated carbocycles. The highest BCUT2D eigenvalue weighted by molar-refractivity contribution is 6.31. The standard InChI is InChI=1S/C14H22ClN5/c1-10-13(15)12(19(5)18-10)9-20-11(6-7-17-20)8-16-14(2,3)4/h6-7,16H,8-9H2,1-5H3. The van der Waals surface area contributed by atoms with Crippen LogP contribution in [0.2, 0.25) is 5.02 Å². The van der Waals surface area contributed by atoms with E-state index in [9.17, 15) is 0 Å². The topological polar surface area (TPSA) is 47.7 Å². The van der Waals surface area contributed by atoms with Crippen molar-refractivity contribution in [2.24, 2.45) is 7.05 Å². The smallest absolute Gasteiger partial charge is 0.0866 e. The van der Waals surface area contributed by atoms with Crippen LogP contribution in [0.25, 0.3) is 0 Å². The highest BCUT2D eigenvalue weighted by Crippen LogP contribution is 2.20. The second kappa shape index (κ2) is 5.58. The van der Waals surface area contributed by atoms with Crippen LogP contribution in [0.5, 0.6) is 0 Å². The van der Waals surface area contributed by atoms with Crippen LogP contribution in [0.3, 0.4) is 0 Å². The zero-order valence-corrected chi connectivity index (χ0v) is 13.5. The lowest BCUT2D eigenvalue weighted by Crippen LogP contribution is -2.35. The molecule has 2 aromatic heterocycles. The van der Waals surface area contributed by atoms with E-state index in [1.807, 2.05) is 35.6 Å². The number of hydrogen-bond acceptors (Lipinski definition) is 3. The van der Waals surface area contributed by atoms with Gasteiger partial charge in [-0.3, -0.25) is 9.36 Å². The van der Waals surface area contributed by atoms with E-state index in [1.165, 1.54) is 0 Å². The summed E-state index contributed by atoms with van der Waals surface area (Å²) in [5.41, 5.74) is 3.04. The van der Waals surface area contributed by atoms with Crippen molar-refractivity contribution in [1.29, 1.82) is 0 Å². The molecule has 1 N–H and O–H groups in total. The molecule has 6 heteroatoms.